The molecule has 0 saturated carbocycles. The zero-order valence-electron chi connectivity index (χ0n) is 12.9. The van der Waals surface area contributed by atoms with Gasteiger partial charge in [-0.05, 0) is 44.0 Å². The van der Waals surface area contributed by atoms with Gasteiger partial charge in [-0.2, -0.15) is 13.2 Å². The normalized spacial score (nSPS) is 18.2. The fourth-order valence-corrected chi connectivity index (χ4v) is 3.78. The number of thiophene rings is 1. The van der Waals surface area contributed by atoms with Crippen molar-refractivity contribution in [2.24, 2.45) is 0 Å². The van der Waals surface area contributed by atoms with Crippen molar-refractivity contribution in [2.75, 3.05) is 13.1 Å². The van der Waals surface area contributed by atoms with E-state index in [0.29, 0.717) is 22.4 Å². The molecule has 9 heteroatoms. The summed E-state index contributed by atoms with van der Waals surface area (Å²) < 4.78 is 38.2. The van der Waals surface area contributed by atoms with Gasteiger partial charge in [0, 0.05) is 18.0 Å². The summed E-state index contributed by atoms with van der Waals surface area (Å²) in [6.07, 6.45) is -2.59. The van der Waals surface area contributed by atoms with Crippen LogP contribution in [0.15, 0.2) is 12.1 Å². The number of piperidine rings is 1. The lowest BCUT2D eigenvalue weighted by Crippen LogP contribution is -2.45. The zero-order chi connectivity index (χ0) is 16.6. The van der Waals surface area contributed by atoms with E-state index in [1.807, 2.05) is 0 Å². The second-order valence-electron chi connectivity index (χ2n) is 5.62. The minimum absolute atomic E-state index is 0. The first kappa shape index (κ1) is 19.0. The molecule has 0 bridgehead atoms. The van der Waals surface area contributed by atoms with Gasteiger partial charge in [0.2, 0.25) is 0 Å². The highest BCUT2D eigenvalue weighted by Crippen LogP contribution is 2.34. The van der Waals surface area contributed by atoms with Crippen LogP contribution in [-0.4, -0.2) is 30.0 Å². The van der Waals surface area contributed by atoms with E-state index in [1.165, 1.54) is 6.07 Å². The van der Waals surface area contributed by atoms with E-state index in [0.717, 1.165) is 36.8 Å². The van der Waals surface area contributed by atoms with Crippen molar-refractivity contribution >= 4 is 39.9 Å². The number of carbonyl (C=O) groups excluding carboxylic acids is 1. The fraction of sp³-hybridized carbons (Fsp3) is 0.467. The molecule has 2 N–H and O–H groups in total. The number of nitrogens with zero attached hydrogens (tertiary/aromatic N) is 1. The molecule has 0 aliphatic carbocycles. The van der Waals surface area contributed by atoms with Crippen LogP contribution in [0.4, 0.5) is 13.2 Å². The number of fused-ring (bicyclic) bond motifs is 1. The predicted octanol–water partition coefficient (Wildman–Crippen LogP) is 3.53. The van der Waals surface area contributed by atoms with Gasteiger partial charge in [-0.3, -0.25) is 4.79 Å². The van der Waals surface area contributed by atoms with Crippen LogP contribution in [0.3, 0.4) is 0 Å². The van der Waals surface area contributed by atoms with Gasteiger partial charge in [-0.25, -0.2) is 4.98 Å². The van der Waals surface area contributed by atoms with Gasteiger partial charge in [0.25, 0.3) is 5.91 Å². The number of aryl methyl sites for hydroxylation is 1. The van der Waals surface area contributed by atoms with Gasteiger partial charge in [-0.1, -0.05) is 0 Å². The van der Waals surface area contributed by atoms with E-state index in [9.17, 15) is 18.0 Å². The van der Waals surface area contributed by atoms with Crippen molar-refractivity contribution in [3.8, 4) is 0 Å². The Kier molecular flexibility index (Phi) is 5.72. The van der Waals surface area contributed by atoms with E-state index in [2.05, 4.69) is 15.6 Å². The van der Waals surface area contributed by atoms with E-state index in [1.54, 1.807) is 6.92 Å². The Morgan fingerprint density at radius 1 is 1.42 bits per heavy atom. The third-order valence-electron chi connectivity index (χ3n) is 3.93. The second kappa shape index (κ2) is 7.25. The Bertz CT molecular complexity index is 741. The van der Waals surface area contributed by atoms with E-state index >= 15 is 0 Å². The number of halogens is 4. The number of carbonyl (C=O) groups is 1. The van der Waals surface area contributed by atoms with Gasteiger partial charge in [-0.15, -0.1) is 23.7 Å². The molecule has 1 fully saturated rings. The Morgan fingerprint density at radius 3 is 2.79 bits per heavy atom. The van der Waals surface area contributed by atoms with Crippen LogP contribution in [-0.2, 0) is 6.18 Å². The molecule has 2 aromatic heterocycles. The topological polar surface area (TPSA) is 54.0 Å². The minimum Gasteiger partial charge on any atom is -0.347 e. The Hall–Kier alpha value is -1.38. The lowest BCUT2D eigenvalue weighted by atomic mass is 10.1. The van der Waals surface area contributed by atoms with Crippen LogP contribution < -0.4 is 10.6 Å². The summed E-state index contributed by atoms with van der Waals surface area (Å²) >= 11 is 1.01. The Labute approximate surface area is 147 Å². The summed E-state index contributed by atoms with van der Waals surface area (Å²) in [6.45, 7) is 3.40. The average Bonchev–Trinajstić information content (AvgIpc) is 2.84. The number of alkyl halides is 3. The Balaban J connectivity index is 0.00000208. The molecule has 0 aromatic carbocycles. The lowest BCUT2D eigenvalue weighted by Gasteiger charge is -2.23. The predicted molar refractivity (Wildman–Crippen MR) is 90.0 cm³/mol. The number of hydrogen-bond donors (Lipinski definition) is 2. The second-order valence-corrected chi connectivity index (χ2v) is 6.62. The van der Waals surface area contributed by atoms with Crippen LogP contribution in [0.5, 0.6) is 0 Å². The summed E-state index contributed by atoms with van der Waals surface area (Å²) in [5.41, 5.74) is -0.262. The van der Waals surface area contributed by atoms with Crippen LogP contribution in [0.1, 0.15) is 33.8 Å². The van der Waals surface area contributed by atoms with Gasteiger partial charge in [0.15, 0.2) is 0 Å². The molecule has 4 nitrogen and oxygen atoms in total. The third kappa shape index (κ3) is 3.81. The van der Waals surface area contributed by atoms with Crippen molar-refractivity contribution in [1.29, 1.82) is 0 Å². The maximum absolute atomic E-state index is 12.7. The summed E-state index contributed by atoms with van der Waals surface area (Å²) in [5, 5.41) is 6.74. The van der Waals surface area contributed by atoms with Gasteiger partial charge >= 0.3 is 6.18 Å². The minimum atomic E-state index is -4.48. The molecule has 1 atom stereocenters. The monoisotopic (exact) mass is 379 g/mol. The largest absolute Gasteiger partial charge is 0.433 e. The van der Waals surface area contributed by atoms with Gasteiger partial charge in [0.1, 0.15) is 10.5 Å². The summed E-state index contributed by atoms with van der Waals surface area (Å²) in [4.78, 5) is 16.7. The molecular weight excluding hydrogens is 363 g/mol. The number of amides is 1. The highest BCUT2D eigenvalue weighted by molar-refractivity contribution is 7.20. The molecule has 24 heavy (non-hydrogen) atoms. The molecule has 3 heterocycles. The highest BCUT2D eigenvalue weighted by Gasteiger charge is 2.33. The van der Waals surface area contributed by atoms with E-state index < -0.39 is 11.9 Å². The zero-order valence-corrected chi connectivity index (χ0v) is 14.5. The quantitative estimate of drug-likeness (QED) is 0.839. The molecule has 1 saturated heterocycles. The van der Waals surface area contributed by atoms with Crippen molar-refractivity contribution in [2.45, 2.75) is 32.0 Å². The maximum Gasteiger partial charge on any atom is 0.433 e. The third-order valence-corrected chi connectivity index (χ3v) is 5.13. The maximum atomic E-state index is 12.7. The van der Waals surface area contributed by atoms with Crippen LogP contribution in [0.2, 0.25) is 0 Å². The van der Waals surface area contributed by atoms with Gasteiger partial charge < -0.3 is 10.6 Å². The smallest absolute Gasteiger partial charge is 0.347 e. The van der Waals surface area contributed by atoms with Crippen LogP contribution in [0, 0.1) is 6.92 Å². The first-order valence-corrected chi connectivity index (χ1v) is 8.17. The average molecular weight is 380 g/mol. The summed E-state index contributed by atoms with van der Waals surface area (Å²) in [6, 6.07) is 2.39. The van der Waals surface area contributed by atoms with E-state index in [4.69, 9.17) is 0 Å². The first-order chi connectivity index (χ1) is 10.9. The number of nitrogens with one attached hydrogen (secondary N) is 2. The molecule has 2 aromatic rings. The van der Waals surface area contributed by atoms with Crippen molar-refractivity contribution in [3.63, 3.8) is 0 Å². The van der Waals surface area contributed by atoms with Crippen molar-refractivity contribution in [3.05, 3.63) is 28.3 Å². The van der Waals surface area contributed by atoms with E-state index in [-0.39, 0.29) is 29.2 Å². The first-order valence-electron chi connectivity index (χ1n) is 7.35. The number of rotatable bonds is 2. The van der Waals surface area contributed by atoms with Crippen LogP contribution >= 0.6 is 23.7 Å². The lowest BCUT2D eigenvalue weighted by molar-refractivity contribution is -0.140. The molecular formula is C15H17ClF3N3OS. The van der Waals surface area contributed by atoms with Crippen LogP contribution in [0.25, 0.3) is 10.2 Å². The fourth-order valence-electron chi connectivity index (χ4n) is 2.70. The molecule has 0 spiro atoms. The Morgan fingerprint density at radius 2 is 2.17 bits per heavy atom. The summed E-state index contributed by atoms with van der Waals surface area (Å²) in [7, 11) is 0. The van der Waals surface area contributed by atoms with Crippen molar-refractivity contribution < 1.29 is 18.0 Å². The molecule has 0 unspecified atom stereocenters. The molecule has 1 amide bonds. The standard InChI is InChI=1S/C15H16F3N3OS.ClH/c1-8-10-4-5-11(15(16,17)18)21-14(10)23-12(8)13(22)20-9-3-2-6-19-7-9;/h4-5,9,19H,2-3,6-7H2,1H3,(H,20,22);1H/t9-;/m0./s1. The molecule has 0 radical (unpaired) electrons. The number of pyridine rings is 1. The molecule has 1 aliphatic rings. The van der Waals surface area contributed by atoms with Crippen molar-refractivity contribution in [1.82, 2.24) is 15.6 Å². The number of aromatic nitrogens is 1. The van der Waals surface area contributed by atoms with Gasteiger partial charge in [0.05, 0.1) is 4.88 Å². The SMILES string of the molecule is Cc1c(C(=O)N[C@H]2CCCNC2)sc2nc(C(F)(F)F)ccc12.Cl. The molecule has 1 aliphatic heterocycles. The molecule has 3 rings (SSSR count). The highest BCUT2D eigenvalue weighted by atomic mass is 35.5. The molecule has 132 valence electrons. The number of hydrogen-bond acceptors (Lipinski definition) is 4. The summed E-state index contributed by atoms with van der Waals surface area (Å²) in [5.74, 6) is -0.243.